The molecule has 326 valence electrons. The van der Waals surface area contributed by atoms with Crippen LogP contribution in [0.3, 0.4) is 0 Å². The molecule has 18 nitrogen and oxygen atoms in total. The van der Waals surface area contributed by atoms with Crippen molar-refractivity contribution in [2.45, 2.75) is 62.0 Å². The van der Waals surface area contributed by atoms with Crippen molar-refractivity contribution in [1.82, 2.24) is 49.8 Å². The van der Waals surface area contributed by atoms with E-state index in [-0.39, 0.29) is 82.7 Å². The number of halogens is 2. The van der Waals surface area contributed by atoms with Crippen LogP contribution in [-0.2, 0) is 28.2 Å². The van der Waals surface area contributed by atoms with E-state index in [4.69, 9.17) is 4.74 Å². The Morgan fingerprint density at radius 2 is 1.84 bits per heavy atom. The van der Waals surface area contributed by atoms with Crippen LogP contribution in [0.1, 0.15) is 42.4 Å². The summed E-state index contributed by atoms with van der Waals surface area (Å²) in [6, 6.07) is 11.5. The van der Waals surface area contributed by atoms with Gasteiger partial charge >= 0.3 is 6.03 Å². The number of benzene rings is 3. The maximum absolute atomic E-state index is 16.4. The average molecular weight is 882 g/mol. The number of aryl methyl sites for hydroxylation is 1. The van der Waals surface area contributed by atoms with Crippen LogP contribution in [0, 0.1) is 11.6 Å². The first kappa shape index (κ1) is 38.9. The number of hydrogen-bond donors (Lipinski definition) is 3. The number of carbonyl (C=O) groups is 2. The van der Waals surface area contributed by atoms with Gasteiger partial charge in [-0.1, -0.05) is 12.1 Å². The summed E-state index contributed by atoms with van der Waals surface area (Å²) < 4.78 is 87.7. The number of aromatic amines is 1. The fourth-order valence-electron chi connectivity index (χ4n) is 7.80. The monoisotopic (exact) mass is 881 g/mol. The molecule has 0 aliphatic carbocycles. The number of carbonyl (C=O) groups excluding carboxylic acids is 2. The maximum Gasteiger partial charge on any atom is 0.329 e. The molecule has 0 radical (unpaired) electrons. The second-order valence-electron chi connectivity index (χ2n) is 16.1. The third kappa shape index (κ3) is 7.66. The summed E-state index contributed by atoms with van der Waals surface area (Å²) in [6.07, 6.45) is 4.51. The van der Waals surface area contributed by atoms with Gasteiger partial charge in [0.2, 0.25) is 27.3 Å². The maximum atomic E-state index is 16.4. The summed E-state index contributed by atoms with van der Waals surface area (Å²) in [6.45, 7) is 5.76. The second kappa shape index (κ2) is 15.7. The topological polar surface area (TPSA) is 201 Å². The quantitative estimate of drug-likeness (QED) is 0.145. The third-order valence-corrected chi connectivity index (χ3v) is 12.6. The fourth-order valence-corrected chi connectivity index (χ4v) is 9.12. The van der Waals surface area contributed by atoms with Crippen molar-refractivity contribution in [3.8, 4) is 17.0 Å². The van der Waals surface area contributed by atoms with Crippen LogP contribution in [0.2, 0.25) is 0 Å². The van der Waals surface area contributed by atoms with Crippen molar-refractivity contribution in [3.63, 3.8) is 0 Å². The van der Waals surface area contributed by atoms with Gasteiger partial charge in [-0.05, 0) is 75.7 Å². The average Bonchev–Trinajstić information content (AvgIpc) is 4.01. The predicted octanol–water partition coefficient (Wildman–Crippen LogP) is 5.59. The zero-order valence-electron chi connectivity index (χ0n) is 36.7. The highest BCUT2D eigenvalue weighted by Gasteiger charge is 2.36. The van der Waals surface area contributed by atoms with Crippen molar-refractivity contribution in [2.75, 3.05) is 41.3 Å². The summed E-state index contributed by atoms with van der Waals surface area (Å²) in [5.41, 5.74) is 0.892. The third-order valence-electron chi connectivity index (χ3n) is 10.8. The smallest absolute Gasteiger partial charge is 0.329 e. The molecule has 2 saturated heterocycles. The van der Waals surface area contributed by atoms with Crippen molar-refractivity contribution in [3.05, 3.63) is 90.5 Å². The summed E-state index contributed by atoms with van der Waals surface area (Å²) in [4.78, 5) is 37.4. The molecule has 0 unspecified atom stereocenters. The zero-order chi connectivity index (χ0) is 46.2. The van der Waals surface area contributed by atoms with E-state index in [9.17, 15) is 20.7 Å². The Morgan fingerprint density at radius 1 is 1.03 bits per heavy atom. The van der Waals surface area contributed by atoms with Crippen molar-refractivity contribution in [2.24, 2.45) is 7.05 Å². The first-order valence-electron chi connectivity index (χ1n) is 21.0. The van der Waals surface area contributed by atoms with Crippen LogP contribution in [0.5, 0.6) is 5.75 Å². The van der Waals surface area contributed by atoms with Crippen molar-refractivity contribution < 1.29 is 34.3 Å². The second-order valence-corrected chi connectivity index (χ2v) is 18.0. The van der Waals surface area contributed by atoms with Crippen LogP contribution < -0.4 is 25.2 Å². The molecule has 0 spiro atoms. The minimum Gasteiger partial charge on any atom is -0.485 e. The molecular weight excluding hydrogens is 837 g/mol. The molecule has 3 amide bonds. The van der Waals surface area contributed by atoms with E-state index < -0.39 is 45.4 Å². The summed E-state index contributed by atoms with van der Waals surface area (Å²) in [5.74, 6) is -1.32. The number of anilines is 4. The highest BCUT2D eigenvalue weighted by atomic mass is 32.2. The number of hydrogen-bond acceptors (Lipinski definition) is 13. The lowest BCUT2D eigenvalue weighted by Crippen LogP contribution is -2.59. The van der Waals surface area contributed by atoms with Crippen LogP contribution in [-0.4, -0.2) is 103 Å². The molecule has 0 atom stereocenters. The van der Waals surface area contributed by atoms with Gasteiger partial charge in [-0.25, -0.2) is 27.0 Å². The Hall–Kier alpha value is -7.00. The van der Waals surface area contributed by atoms with E-state index >= 15 is 8.78 Å². The lowest BCUT2D eigenvalue weighted by molar-refractivity contribution is -0.120. The van der Waals surface area contributed by atoms with Crippen LogP contribution in [0.15, 0.2) is 83.1 Å². The van der Waals surface area contributed by atoms with Gasteiger partial charge in [0.25, 0.3) is 0 Å². The van der Waals surface area contributed by atoms with E-state index in [2.05, 4.69) is 41.0 Å². The number of urea groups is 1. The molecule has 0 bridgehead atoms. The fraction of sp³-hybridized carbons (Fsp3) is 0.310. The molecule has 6 heterocycles. The van der Waals surface area contributed by atoms with Gasteiger partial charge in [0.1, 0.15) is 23.4 Å². The number of nitrogens with one attached hydrogen (secondary N) is 3. The molecule has 2 fully saturated rings. The Morgan fingerprint density at radius 3 is 2.57 bits per heavy atom. The summed E-state index contributed by atoms with van der Waals surface area (Å²) in [7, 11) is -2.79. The number of ether oxygens (including phenoxy) is 1. The van der Waals surface area contributed by atoms with Crippen LogP contribution >= 0.6 is 0 Å². The largest absolute Gasteiger partial charge is 0.485 e. The number of H-pyrrole nitrogens is 1. The molecule has 9 rings (SSSR count). The van der Waals surface area contributed by atoms with Crippen LogP contribution in [0.4, 0.5) is 36.7 Å². The lowest BCUT2D eigenvalue weighted by atomic mass is 9.97. The van der Waals surface area contributed by atoms with E-state index in [1.54, 1.807) is 36.5 Å². The minimum absolute atomic E-state index is 0.00319. The van der Waals surface area contributed by atoms with Gasteiger partial charge in [-0.2, -0.15) is 19.7 Å². The number of amides is 3. The van der Waals surface area contributed by atoms with Gasteiger partial charge in [0.05, 0.1) is 33.5 Å². The van der Waals surface area contributed by atoms with E-state index in [1.165, 1.54) is 56.8 Å². The van der Waals surface area contributed by atoms with Crippen LogP contribution in [0.25, 0.3) is 27.8 Å². The first-order chi connectivity index (χ1) is 30.8. The number of piperazine rings is 1. The Bertz CT molecular complexity index is 3140. The standard InChI is InChI=1S/C42H43F2N13O5S/c1-24(2)62-37-35(26-19-46-47-20-26)45-23-57-39(37)50-40(52-57)48-31-11-9-28(18-30(31)43)63(60,61)27-8-6-7-25(17-27)21-55-16-15-54(22-42(55,3)4)32-12-10-29-36(34(32)44)53(5)51-38(29)56-14-13-33(58)49-41(56)59/h6-12,17-20,23-24H,13-16,21-22H2,1-5H3,(H,46,47)(H,48,52)(H,49,58,59)/i21D2. The molecule has 3 aromatic carbocycles. The highest BCUT2D eigenvalue weighted by Crippen LogP contribution is 2.37. The van der Waals surface area contributed by atoms with Crippen molar-refractivity contribution >= 4 is 61.5 Å². The summed E-state index contributed by atoms with van der Waals surface area (Å²) in [5, 5.41) is 21.0. The molecule has 0 saturated carbocycles. The molecule has 21 heteroatoms. The normalized spacial score (nSPS) is 16.8. The number of fused-ring (bicyclic) bond motifs is 2. The zero-order valence-corrected chi connectivity index (χ0v) is 35.5. The number of aromatic nitrogens is 8. The Kier molecular flexibility index (Phi) is 9.70. The predicted molar refractivity (Wildman–Crippen MR) is 229 cm³/mol. The lowest BCUT2D eigenvalue weighted by Gasteiger charge is -2.48. The van der Waals surface area contributed by atoms with E-state index in [0.717, 1.165) is 6.07 Å². The first-order valence-corrected chi connectivity index (χ1v) is 21.4. The number of rotatable bonds is 11. The molecule has 63 heavy (non-hydrogen) atoms. The van der Waals surface area contributed by atoms with Gasteiger partial charge in [-0.15, -0.1) is 5.10 Å². The highest BCUT2D eigenvalue weighted by molar-refractivity contribution is 7.91. The van der Waals surface area contributed by atoms with Gasteiger partial charge in [-0.3, -0.25) is 29.7 Å². The molecule has 3 N–H and O–H groups in total. The van der Waals surface area contributed by atoms with Crippen molar-refractivity contribution in [1.29, 1.82) is 0 Å². The Labute approximate surface area is 362 Å². The summed E-state index contributed by atoms with van der Waals surface area (Å²) >= 11 is 0. The Balaban J connectivity index is 0.927. The molecule has 2 aliphatic rings. The van der Waals surface area contributed by atoms with E-state index in [1.807, 2.05) is 32.6 Å². The number of imide groups is 1. The minimum atomic E-state index is -4.36. The van der Waals surface area contributed by atoms with E-state index in [0.29, 0.717) is 28.0 Å². The number of nitrogens with zero attached hydrogens (tertiary/aromatic N) is 10. The van der Waals surface area contributed by atoms with Gasteiger partial charge < -0.3 is 15.0 Å². The number of sulfone groups is 1. The van der Waals surface area contributed by atoms with Gasteiger partial charge in [0.15, 0.2) is 17.4 Å². The molecule has 2 aliphatic heterocycles. The molecule has 4 aromatic heterocycles. The van der Waals surface area contributed by atoms with Gasteiger partial charge in [0, 0.05) is 71.6 Å². The molecular formula is C42H43F2N13O5S. The molecule has 7 aromatic rings. The SMILES string of the molecule is [2H]C([2H])(c1cccc(S(=O)(=O)c2ccc(Nc3nc4c(OC(C)C)c(-c5cn[nH]c5)ncn4n3)c(F)c2)c1)N1CCN(c2ccc3c(N4CCC(=O)NC4=O)nn(C)c3c2F)CC1(C)C.